The normalized spacial score (nSPS) is 11.4. The highest BCUT2D eigenvalue weighted by Gasteiger charge is 2.49. The summed E-state index contributed by atoms with van der Waals surface area (Å²) in [5.41, 5.74) is -3.02. The third-order valence-electron chi connectivity index (χ3n) is 1.56. The first-order valence-corrected chi connectivity index (χ1v) is 5.45. The van der Waals surface area contributed by atoms with Crippen LogP contribution in [-0.4, -0.2) is 54.1 Å². The standard InChI is InChI=1S/C6H9O10P.H2O/c7-3(8)1-6(5(11)12,2-4(9)10)16-17(13,14)15;/h1-2H2,(H,7,8)(H,9,10)(H,11,12)(H2,13,14,15);1H2. The second-order valence-corrected chi connectivity index (χ2v) is 4.19. The maximum atomic E-state index is 10.8. The molecule has 7 N–H and O–H groups in total. The van der Waals surface area contributed by atoms with Gasteiger partial charge in [-0.2, -0.15) is 0 Å². The Hall–Kier alpha value is -1.52. The molecule has 11 nitrogen and oxygen atoms in total. The molecule has 0 aliphatic carbocycles. The molecular formula is C6H11O11P. The van der Waals surface area contributed by atoms with Gasteiger partial charge in [0.25, 0.3) is 0 Å². The first-order valence-electron chi connectivity index (χ1n) is 3.92. The van der Waals surface area contributed by atoms with Gasteiger partial charge in [0.15, 0.2) is 5.60 Å². The molecule has 0 fully saturated rings. The summed E-state index contributed by atoms with van der Waals surface area (Å²) in [4.78, 5) is 48.5. The minimum absolute atomic E-state index is 0. The van der Waals surface area contributed by atoms with Crippen LogP contribution in [0.25, 0.3) is 0 Å². The van der Waals surface area contributed by atoms with Crippen LogP contribution in [0.4, 0.5) is 0 Å². The molecule has 0 rings (SSSR count). The lowest BCUT2D eigenvalue weighted by Crippen LogP contribution is -2.44. The molecule has 0 amide bonds. The Bertz CT molecular complexity index is 365. The quantitative estimate of drug-likeness (QED) is 0.326. The van der Waals surface area contributed by atoms with Crippen LogP contribution in [0.15, 0.2) is 0 Å². The number of carboxylic acid groups (broad SMARTS) is 3. The lowest BCUT2D eigenvalue weighted by molar-refractivity contribution is -0.168. The highest BCUT2D eigenvalue weighted by molar-refractivity contribution is 7.46. The van der Waals surface area contributed by atoms with Gasteiger partial charge in [0.05, 0.1) is 12.8 Å². The molecule has 12 heteroatoms. The molecule has 0 saturated heterocycles. The van der Waals surface area contributed by atoms with E-state index in [4.69, 9.17) is 25.1 Å². The van der Waals surface area contributed by atoms with Gasteiger partial charge in [-0.1, -0.05) is 0 Å². The molecule has 18 heavy (non-hydrogen) atoms. The largest absolute Gasteiger partial charge is 0.481 e. The smallest absolute Gasteiger partial charge is 0.470 e. The predicted octanol–water partition coefficient (Wildman–Crippen LogP) is -1.96. The summed E-state index contributed by atoms with van der Waals surface area (Å²) >= 11 is 0. The van der Waals surface area contributed by atoms with E-state index in [0.29, 0.717) is 0 Å². The molecule has 0 bridgehead atoms. The van der Waals surface area contributed by atoms with E-state index in [2.05, 4.69) is 4.52 Å². The summed E-state index contributed by atoms with van der Waals surface area (Å²) in [6.45, 7) is 0. The van der Waals surface area contributed by atoms with Crippen LogP contribution in [0.1, 0.15) is 12.8 Å². The van der Waals surface area contributed by atoms with Crippen molar-refractivity contribution in [1.29, 1.82) is 0 Å². The molecule has 0 aromatic rings. The summed E-state index contributed by atoms with van der Waals surface area (Å²) in [7, 11) is -5.36. The van der Waals surface area contributed by atoms with Crippen LogP contribution in [0.2, 0.25) is 0 Å². The van der Waals surface area contributed by atoms with Crippen molar-refractivity contribution >= 4 is 25.7 Å². The fourth-order valence-corrected chi connectivity index (χ4v) is 1.70. The zero-order valence-corrected chi connectivity index (χ0v) is 9.53. The summed E-state index contributed by atoms with van der Waals surface area (Å²) in [5.74, 6) is -5.64. The van der Waals surface area contributed by atoms with Gasteiger partial charge in [0, 0.05) is 0 Å². The van der Waals surface area contributed by atoms with Gasteiger partial charge in [-0.15, -0.1) is 0 Å². The molecule has 0 aromatic carbocycles. The molecule has 0 aliphatic rings. The van der Waals surface area contributed by atoms with Crippen molar-refractivity contribution in [1.82, 2.24) is 0 Å². The average molecular weight is 290 g/mol. The number of hydrogen-bond donors (Lipinski definition) is 5. The SMILES string of the molecule is O.O=C(O)CC(CC(=O)O)(OP(=O)(O)O)C(=O)O. The summed E-state index contributed by atoms with van der Waals surface area (Å²) in [5, 5.41) is 25.5. The summed E-state index contributed by atoms with van der Waals surface area (Å²) in [6.07, 6.45) is -2.81. The minimum Gasteiger partial charge on any atom is -0.481 e. The highest BCUT2D eigenvalue weighted by Crippen LogP contribution is 2.44. The van der Waals surface area contributed by atoms with Gasteiger partial charge >= 0.3 is 25.7 Å². The van der Waals surface area contributed by atoms with Crippen molar-refractivity contribution in [3.8, 4) is 0 Å². The van der Waals surface area contributed by atoms with Crippen molar-refractivity contribution < 1.29 is 54.1 Å². The number of rotatable bonds is 7. The van der Waals surface area contributed by atoms with Crippen LogP contribution in [0.3, 0.4) is 0 Å². The summed E-state index contributed by atoms with van der Waals surface area (Å²) < 4.78 is 14.4. The zero-order chi connectivity index (χ0) is 13.9. The van der Waals surface area contributed by atoms with Crippen LogP contribution in [0.5, 0.6) is 0 Å². The van der Waals surface area contributed by atoms with Crippen molar-refractivity contribution in [3.05, 3.63) is 0 Å². The molecular weight excluding hydrogens is 279 g/mol. The van der Waals surface area contributed by atoms with Crippen molar-refractivity contribution in [2.24, 2.45) is 0 Å². The van der Waals surface area contributed by atoms with Gasteiger partial charge < -0.3 is 30.6 Å². The lowest BCUT2D eigenvalue weighted by atomic mass is 9.96. The van der Waals surface area contributed by atoms with Gasteiger partial charge in [0.1, 0.15) is 0 Å². The van der Waals surface area contributed by atoms with E-state index >= 15 is 0 Å². The highest BCUT2D eigenvalue weighted by atomic mass is 31.2. The molecule has 0 spiro atoms. The van der Waals surface area contributed by atoms with Crippen LogP contribution in [-0.2, 0) is 23.5 Å². The monoisotopic (exact) mass is 290 g/mol. The van der Waals surface area contributed by atoms with E-state index in [0.717, 1.165) is 0 Å². The van der Waals surface area contributed by atoms with Crippen LogP contribution < -0.4 is 0 Å². The van der Waals surface area contributed by atoms with Crippen LogP contribution >= 0.6 is 7.82 Å². The average Bonchev–Trinajstić information content (AvgIpc) is 1.96. The maximum absolute atomic E-state index is 10.8. The molecule has 106 valence electrons. The Labute approximate surface area is 99.2 Å². The Kier molecular flexibility index (Phi) is 6.72. The number of carbonyl (C=O) groups is 3. The second-order valence-electron chi connectivity index (χ2n) is 3.02. The van der Waals surface area contributed by atoms with Gasteiger partial charge in [-0.05, 0) is 0 Å². The summed E-state index contributed by atoms with van der Waals surface area (Å²) in [6, 6.07) is 0. The first kappa shape index (κ1) is 18.8. The lowest BCUT2D eigenvalue weighted by Gasteiger charge is -2.26. The first-order chi connectivity index (χ1) is 7.48. The Balaban J connectivity index is 0. The van der Waals surface area contributed by atoms with Crippen molar-refractivity contribution in [2.75, 3.05) is 0 Å². The number of carboxylic acids is 3. The molecule has 0 atom stereocenters. The molecule has 0 saturated carbocycles. The Morgan fingerprint density at radius 1 is 1.00 bits per heavy atom. The van der Waals surface area contributed by atoms with E-state index in [1.165, 1.54) is 0 Å². The zero-order valence-electron chi connectivity index (χ0n) is 8.64. The van der Waals surface area contributed by atoms with Gasteiger partial charge in [-0.3, -0.25) is 14.1 Å². The molecule has 0 heterocycles. The van der Waals surface area contributed by atoms with Gasteiger partial charge in [0.2, 0.25) is 0 Å². The number of hydrogen-bond acceptors (Lipinski definition) is 5. The number of aliphatic carboxylic acids is 3. The van der Waals surface area contributed by atoms with E-state index in [9.17, 15) is 18.9 Å². The number of phosphoric ester groups is 1. The molecule has 0 radical (unpaired) electrons. The minimum atomic E-state index is -5.36. The van der Waals surface area contributed by atoms with E-state index < -0.39 is 44.2 Å². The molecule has 0 unspecified atom stereocenters. The molecule has 0 aromatic heterocycles. The third kappa shape index (κ3) is 6.27. The molecule has 0 aliphatic heterocycles. The van der Waals surface area contributed by atoms with Crippen molar-refractivity contribution in [2.45, 2.75) is 18.4 Å². The van der Waals surface area contributed by atoms with Gasteiger partial charge in [-0.25, -0.2) is 9.36 Å². The Morgan fingerprint density at radius 2 is 1.33 bits per heavy atom. The van der Waals surface area contributed by atoms with E-state index in [-0.39, 0.29) is 5.48 Å². The second kappa shape index (κ2) is 6.42. The van der Waals surface area contributed by atoms with Crippen LogP contribution in [0, 0.1) is 0 Å². The number of phosphoric acid groups is 1. The topological polar surface area (TPSA) is 210 Å². The third-order valence-corrected chi connectivity index (χ3v) is 2.14. The fourth-order valence-electron chi connectivity index (χ4n) is 1.03. The predicted molar refractivity (Wildman–Crippen MR) is 51.6 cm³/mol. The van der Waals surface area contributed by atoms with Crippen molar-refractivity contribution in [3.63, 3.8) is 0 Å². The van der Waals surface area contributed by atoms with E-state index in [1.54, 1.807) is 0 Å². The van der Waals surface area contributed by atoms with E-state index in [1.807, 2.05) is 0 Å². The fraction of sp³-hybridized carbons (Fsp3) is 0.500. The maximum Gasteiger partial charge on any atom is 0.470 e. The Morgan fingerprint density at radius 3 is 1.50 bits per heavy atom.